The third-order valence-electron chi connectivity index (χ3n) is 3.99. The van der Waals surface area contributed by atoms with Crippen molar-refractivity contribution in [3.63, 3.8) is 0 Å². The molecule has 0 saturated heterocycles. The fraction of sp³-hybridized carbons (Fsp3) is 0.167. The summed E-state index contributed by atoms with van der Waals surface area (Å²) in [4.78, 5) is 12.2. The summed E-state index contributed by atoms with van der Waals surface area (Å²) in [5, 5.41) is 9.49. The van der Waals surface area contributed by atoms with E-state index in [-0.39, 0.29) is 17.1 Å². The summed E-state index contributed by atoms with van der Waals surface area (Å²) in [6.07, 6.45) is -3.59. The van der Waals surface area contributed by atoms with Crippen LogP contribution < -0.4 is 5.32 Å². The second-order valence-corrected chi connectivity index (χ2v) is 7.92. The van der Waals surface area contributed by atoms with Gasteiger partial charge in [-0.15, -0.1) is 9.19 Å². The van der Waals surface area contributed by atoms with Crippen molar-refractivity contribution in [3.05, 3.63) is 77.1 Å². The molecule has 11 heteroatoms. The van der Waals surface area contributed by atoms with Crippen molar-refractivity contribution in [1.29, 1.82) is 0 Å². The number of aryl methyl sites for hydroxylation is 1. The Morgan fingerprint density at radius 2 is 1.76 bits per heavy atom. The normalized spacial score (nSPS) is 12.0. The maximum atomic E-state index is 13.0. The topological polar surface area (TPSA) is 94.0 Å². The zero-order valence-corrected chi connectivity index (χ0v) is 15.8. The van der Waals surface area contributed by atoms with Crippen LogP contribution in [0.4, 0.5) is 13.2 Å². The third-order valence-corrected chi connectivity index (χ3v) is 5.53. The van der Waals surface area contributed by atoms with Crippen molar-refractivity contribution in [2.75, 3.05) is 0 Å². The van der Waals surface area contributed by atoms with Gasteiger partial charge >= 0.3 is 6.18 Å². The molecule has 0 fully saturated rings. The molecule has 3 rings (SSSR count). The second kappa shape index (κ2) is 7.66. The predicted molar refractivity (Wildman–Crippen MR) is 96.4 cm³/mol. The van der Waals surface area contributed by atoms with E-state index < -0.39 is 33.2 Å². The molecule has 3 aromatic rings. The lowest BCUT2D eigenvalue weighted by molar-refractivity contribution is -0.137. The van der Waals surface area contributed by atoms with Crippen LogP contribution in [0.2, 0.25) is 0 Å². The summed E-state index contributed by atoms with van der Waals surface area (Å²) in [6.45, 7) is 1.51. The first-order valence-corrected chi connectivity index (χ1v) is 9.71. The molecule has 29 heavy (non-hydrogen) atoms. The lowest BCUT2D eigenvalue weighted by Gasteiger charge is -2.12. The Hall–Kier alpha value is -3.21. The smallest absolute Gasteiger partial charge is 0.346 e. The molecule has 0 aliphatic rings. The Labute approximate surface area is 164 Å². The second-order valence-electron chi connectivity index (χ2n) is 6.13. The summed E-state index contributed by atoms with van der Waals surface area (Å²) < 4.78 is 64.7. The van der Waals surface area contributed by atoms with E-state index >= 15 is 0 Å². The van der Waals surface area contributed by atoms with Gasteiger partial charge in [-0.1, -0.05) is 35.0 Å². The van der Waals surface area contributed by atoms with Gasteiger partial charge in [-0.25, -0.2) is 0 Å². The van der Waals surface area contributed by atoms with Gasteiger partial charge in [-0.2, -0.15) is 21.6 Å². The van der Waals surface area contributed by atoms with Crippen molar-refractivity contribution in [2.45, 2.75) is 24.5 Å². The highest BCUT2D eigenvalue weighted by atomic mass is 32.2. The molecule has 0 bridgehead atoms. The average molecular weight is 424 g/mol. The fourth-order valence-electron chi connectivity index (χ4n) is 2.49. The van der Waals surface area contributed by atoms with Crippen LogP contribution in [0, 0.1) is 6.92 Å². The molecular formula is C18H15F3N4O3S. The SMILES string of the molecule is Cc1ccc(S(=O)(=O)n2cc(CNC(=O)c3ccccc3C(F)(F)F)nn2)cc1. The zero-order chi connectivity index (χ0) is 21.2. The van der Waals surface area contributed by atoms with E-state index in [0.29, 0.717) is 4.09 Å². The van der Waals surface area contributed by atoms with E-state index in [1.165, 1.54) is 24.3 Å². The Kier molecular flexibility index (Phi) is 5.42. The number of carbonyl (C=O) groups excluding carboxylic acids is 1. The lowest BCUT2D eigenvalue weighted by atomic mass is 10.1. The number of hydrogen-bond acceptors (Lipinski definition) is 5. The van der Waals surface area contributed by atoms with Crippen molar-refractivity contribution < 1.29 is 26.4 Å². The van der Waals surface area contributed by atoms with Crippen molar-refractivity contribution in [1.82, 2.24) is 19.7 Å². The van der Waals surface area contributed by atoms with Gasteiger partial charge in [0.1, 0.15) is 5.69 Å². The van der Waals surface area contributed by atoms with E-state index in [1.54, 1.807) is 12.1 Å². The van der Waals surface area contributed by atoms with Crippen LogP contribution >= 0.6 is 0 Å². The summed E-state index contributed by atoms with van der Waals surface area (Å²) in [6, 6.07) is 10.4. The number of halogens is 3. The molecule has 7 nitrogen and oxygen atoms in total. The van der Waals surface area contributed by atoms with E-state index in [4.69, 9.17) is 0 Å². The van der Waals surface area contributed by atoms with Gasteiger partial charge in [0.2, 0.25) is 0 Å². The molecule has 2 aromatic carbocycles. The highest BCUT2D eigenvalue weighted by Gasteiger charge is 2.34. The van der Waals surface area contributed by atoms with Crippen LogP contribution in [0.25, 0.3) is 0 Å². The van der Waals surface area contributed by atoms with Crippen LogP contribution in [0.5, 0.6) is 0 Å². The first-order chi connectivity index (χ1) is 13.6. The molecule has 0 unspecified atom stereocenters. The van der Waals surface area contributed by atoms with Crippen molar-refractivity contribution in [2.24, 2.45) is 0 Å². The number of amides is 1. The Morgan fingerprint density at radius 3 is 2.41 bits per heavy atom. The van der Waals surface area contributed by atoms with Gasteiger partial charge in [0.05, 0.1) is 28.8 Å². The monoisotopic (exact) mass is 424 g/mol. The molecule has 0 saturated carbocycles. The molecule has 152 valence electrons. The average Bonchev–Trinajstić information content (AvgIpc) is 3.16. The van der Waals surface area contributed by atoms with Crippen LogP contribution in [0.15, 0.2) is 59.6 Å². The number of nitrogens with one attached hydrogen (secondary N) is 1. The number of hydrogen-bond donors (Lipinski definition) is 1. The number of aromatic nitrogens is 3. The summed E-state index contributed by atoms with van der Waals surface area (Å²) >= 11 is 0. The first-order valence-electron chi connectivity index (χ1n) is 8.27. The largest absolute Gasteiger partial charge is 0.417 e. The maximum absolute atomic E-state index is 13.0. The van der Waals surface area contributed by atoms with Gasteiger partial charge in [0.25, 0.3) is 15.9 Å². The van der Waals surface area contributed by atoms with E-state index in [0.717, 1.165) is 23.9 Å². The number of carbonyl (C=O) groups is 1. The molecule has 1 heterocycles. The number of rotatable bonds is 5. The van der Waals surface area contributed by atoms with E-state index in [1.807, 2.05) is 6.92 Å². The minimum atomic E-state index is -4.68. The highest BCUT2D eigenvalue weighted by Crippen LogP contribution is 2.31. The van der Waals surface area contributed by atoms with Crippen LogP contribution in [-0.2, 0) is 22.7 Å². The van der Waals surface area contributed by atoms with Gasteiger partial charge in [-0.05, 0) is 31.2 Å². The number of alkyl halides is 3. The fourth-order valence-corrected chi connectivity index (χ4v) is 3.58. The van der Waals surface area contributed by atoms with Gasteiger partial charge < -0.3 is 5.32 Å². The first kappa shape index (κ1) is 20.5. The molecule has 1 amide bonds. The number of nitrogens with zero attached hydrogens (tertiary/aromatic N) is 3. The lowest BCUT2D eigenvalue weighted by Crippen LogP contribution is -2.26. The van der Waals surface area contributed by atoms with E-state index in [2.05, 4.69) is 15.6 Å². The highest BCUT2D eigenvalue weighted by molar-refractivity contribution is 7.89. The molecule has 0 spiro atoms. The van der Waals surface area contributed by atoms with E-state index in [9.17, 15) is 26.4 Å². The maximum Gasteiger partial charge on any atom is 0.417 e. The summed E-state index contributed by atoms with van der Waals surface area (Å²) in [5.41, 5.74) is -0.661. The van der Waals surface area contributed by atoms with Gasteiger partial charge in [0, 0.05) is 0 Å². The Balaban J connectivity index is 1.75. The summed E-state index contributed by atoms with van der Waals surface area (Å²) in [5.74, 6) is -0.964. The molecule has 1 aromatic heterocycles. The molecular weight excluding hydrogens is 409 g/mol. The quantitative estimate of drug-likeness (QED) is 0.680. The minimum absolute atomic E-state index is 0.00249. The third kappa shape index (κ3) is 4.45. The minimum Gasteiger partial charge on any atom is -0.346 e. The molecule has 0 radical (unpaired) electrons. The van der Waals surface area contributed by atoms with Gasteiger partial charge in [-0.3, -0.25) is 4.79 Å². The summed E-state index contributed by atoms with van der Waals surface area (Å²) in [7, 11) is -3.97. The Morgan fingerprint density at radius 1 is 1.10 bits per heavy atom. The van der Waals surface area contributed by atoms with Crippen LogP contribution in [-0.4, -0.2) is 28.7 Å². The molecule has 0 atom stereocenters. The predicted octanol–water partition coefficient (Wildman–Crippen LogP) is 2.77. The van der Waals surface area contributed by atoms with Crippen molar-refractivity contribution >= 4 is 15.9 Å². The molecule has 0 aliphatic heterocycles. The van der Waals surface area contributed by atoms with Crippen LogP contribution in [0.1, 0.15) is 27.2 Å². The molecule has 0 aliphatic carbocycles. The van der Waals surface area contributed by atoms with Crippen LogP contribution in [0.3, 0.4) is 0 Å². The molecule has 1 N–H and O–H groups in total. The number of benzene rings is 2. The Bertz CT molecular complexity index is 1140. The standard InChI is InChI=1S/C18H15F3N4O3S/c1-12-6-8-14(9-7-12)29(27,28)25-11-13(23-24-25)10-22-17(26)15-4-2-3-5-16(15)18(19,20)21/h2-9,11H,10H2,1H3,(H,22,26). The van der Waals surface area contributed by atoms with Crippen molar-refractivity contribution in [3.8, 4) is 0 Å². The van der Waals surface area contributed by atoms with Gasteiger partial charge in [0.15, 0.2) is 0 Å². The zero-order valence-electron chi connectivity index (χ0n) is 15.0.